The van der Waals surface area contributed by atoms with Crippen LogP contribution in [0.2, 0.25) is 0 Å². The first kappa shape index (κ1) is 14.5. The second-order valence-electron chi connectivity index (χ2n) is 5.45. The number of ether oxygens (including phenoxy) is 1. The molecule has 0 spiro atoms. The summed E-state index contributed by atoms with van der Waals surface area (Å²) in [4.78, 5) is 12.5. The summed E-state index contributed by atoms with van der Waals surface area (Å²) in [5.41, 5.74) is 2.13. The van der Waals surface area contributed by atoms with E-state index < -0.39 is 11.6 Å². The van der Waals surface area contributed by atoms with Crippen LogP contribution < -0.4 is 0 Å². The van der Waals surface area contributed by atoms with Gasteiger partial charge in [0, 0.05) is 5.57 Å². The highest BCUT2D eigenvalue weighted by Gasteiger charge is 2.43. The maximum atomic E-state index is 12.5. The van der Waals surface area contributed by atoms with Gasteiger partial charge in [-0.15, -0.1) is 0 Å². The summed E-state index contributed by atoms with van der Waals surface area (Å²) < 4.78 is 5.22. The Bertz CT molecular complexity index is 742. The van der Waals surface area contributed by atoms with E-state index in [-0.39, 0.29) is 0 Å². The van der Waals surface area contributed by atoms with E-state index in [1.807, 2.05) is 54.6 Å². The van der Waals surface area contributed by atoms with Gasteiger partial charge < -0.3 is 9.84 Å². The zero-order valence-electron chi connectivity index (χ0n) is 12.7. The Hall–Kier alpha value is -2.39. The lowest BCUT2D eigenvalue weighted by atomic mass is 9.88. The number of fused-ring (bicyclic) bond motifs is 1. The van der Waals surface area contributed by atoms with E-state index in [0.717, 1.165) is 16.7 Å². The van der Waals surface area contributed by atoms with Gasteiger partial charge in [0.1, 0.15) is 5.60 Å². The zero-order chi connectivity index (χ0) is 15.7. The van der Waals surface area contributed by atoms with Crippen molar-refractivity contribution in [3.05, 3.63) is 71.3 Å². The SMILES string of the molecule is CCOC(=O)C1=C(c2ccccc2)C(C)(O)c2ccccc21. The van der Waals surface area contributed by atoms with Crippen molar-refractivity contribution in [3.63, 3.8) is 0 Å². The molecule has 2 aromatic rings. The number of hydrogen-bond donors (Lipinski definition) is 1. The van der Waals surface area contributed by atoms with Crippen LogP contribution in [0.4, 0.5) is 0 Å². The Morgan fingerprint density at radius 3 is 2.41 bits per heavy atom. The summed E-state index contributed by atoms with van der Waals surface area (Å²) in [6.45, 7) is 3.80. The average molecular weight is 294 g/mol. The number of rotatable bonds is 3. The Kier molecular flexibility index (Phi) is 3.59. The van der Waals surface area contributed by atoms with Crippen LogP contribution >= 0.6 is 0 Å². The molecule has 22 heavy (non-hydrogen) atoms. The lowest BCUT2D eigenvalue weighted by Gasteiger charge is -2.23. The van der Waals surface area contributed by atoms with Gasteiger partial charge >= 0.3 is 5.97 Å². The molecule has 0 saturated heterocycles. The molecule has 0 fully saturated rings. The van der Waals surface area contributed by atoms with Crippen LogP contribution in [0.15, 0.2) is 54.6 Å². The molecule has 1 unspecified atom stereocenters. The molecule has 0 saturated carbocycles. The van der Waals surface area contributed by atoms with Crippen LogP contribution in [-0.4, -0.2) is 17.7 Å². The van der Waals surface area contributed by atoms with Crippen LogP contribution in [0.3, 0.4) is 0 Å². The summed E-state index contributed by atoms with van der Waals surface area (Å²) in [5.74, 6) is -0.397. The first-order valence-corrected chi connectivity index (χ1v) is 7.37. The predicted octanol–water partition coefficient (Wildman–Crippen LogP) is 3.38. The van der Waals surface area contributed by atoms with Gasteiger partial charge in [0.15, 0.2) is 0 Å². The third-order valence-corrected chi connectivity index (χ3v) is 4.00. The van der Waals surface area contributed by atoms with Gasteiger partial charge in [-0.25, -0.2) is 4.79 Å². The van der Waals surface area contributed by atoms with Gasteiger partial charge in [0.05, 0.1) is 12.2 Å². The molecule has 0 heterocycles. The fourth-order valence-electron chi connectivity index (χ4n) is 3.08. The third-order valence-electron chi connectivity index (χ3n) is 4.00. The molecule has 1 N–H and O–H groups in total. The summed E-state index contributed by atoms with van der Waals surface area (Å²) >= 11 is 0. The highest BCUT2D eigenvalue weighted by molar-refractivity contribution is 6.28. The molecule has 3 rings (SSSR count). The first-order valence-electron chi connectivity index (χ1n) is 7.37. The van der Waals surface area contributed by atoms with Crippen molar-refractivity contribution in [2.75, 3.05) is 6.61 Å². The van der Waals surface area contributed by atoms with Crippen LogP contribution in [-0.2, 0) is 15.1 Å². The smallest absolute Gasteiger partial charge is 0.339 e. The summed E-state index contributed by atoms with van der Waals surface area (Å²) in [6.07, 6.45) is 0. The number of carbonyl (C=O) groups is 1. The van der Waals surface area contributed by atoms with Crippen LogP contribution in [0, 0.1) is 0 Å². The number of carbonyl (C=O) groups excluding carboxylic acids is 1. The van der Waals surface area contributed by atoms with Crippen LogP contribution in [0.25, 0.3) is 11.1 Å². The fourth-order valence-corrected chi connectivity index (χ4v) is 3.08. The predicted molar refractivity (Wildman–Crippen MR) is 85.9 cm³/mol. The molecule has 2 aromatic carbocycles. The molecule has 3 heteroatoms. The average Bonchev–Trinajstić information content (AvgIpc) is 2.77. The summed E-state index contributed by atoms with van der Waals surface area (Å²) in [6, 6.07) is 16.9. The Balaban J connectivity index is 2.29. The van der Waals surface area contributed by atoms with E-state index in [2.05, 4.69) is 0 Å². The van der Waals surface area contributed by atoms with Crippen molar-refractivity contribution in [1.29, 1.82) is 0 Å². The lowest BCUT2D eigenvalue weighted by molar-refractivity contribution is -0.136. The number of aliphatic hydroxyl groups is 1. The van der Waals surface area contributed by atoms with Crippen molar-refractivity contribution in [2.45, 2.75) is 19.4 Å². The molecule has 0 bridgehead atoms. The van der Waals surface area contributed by atoms with Crippen molar-refractivity contribution in [2.24, 2.45) is 0 Å². The van der Waals surface area contributed by atoms with Gasteiger partial charge in [0.25, 0.3) is 0 Å². The number of esters is 1. The van der Waals surface area contributed by atoms with Crippen molar-refractivity contribution in [1.82, 2.24) is 0 Å². The van der Waals surface area contributed by atoms with Crippen molar-refractivity contribution < 1.29 is 14.6 Å². The lowest BCUT2D eigenvalue weighted by Crippen LogP contribution is -2.20. The Labute approximate surface area is 129 Å². The van der Waals surface area contributed by atoms with E-state index in [9.17, 15) is 9.90 Å². The molecular weight excluding hydrogens is 276 g/mol. The normalized spacial score (nSPS) is 20.0. The first-order chi connectivity index (χ1) is 10.6. The second kappa shape index (κ2) is 5.43. The maximum Gasteiger partial charge on any atom is 0.339 e. The quantitative estimate of drug-likeness (QED) is 0.883. The maximum absolute atomic E-state index is 12.5. The van der Waals surface area contributed by atoms with Gasteiger partial charge in [-0.05, 0) is 30.5 Å². The molecule has 0 aromatic heterocycles. The van der Waals surface area contributed by atoms with Crippen LogP contribution in [0.5, 0.6) is 0 Å². The molecule has 0 aliphatic heterocycles. The summed E-state index contributed by atoms with van der Waals surface area (Å²) in [5, 5.41) is 11.1. The second-order valence-corrected chi connectivity index (χ2v) is 5.45. The fraction of sp³-hybridized carbons (Fsp3) is 0.211. The van der Waals surface area contributed by atoms with Gasteiger partial charge in [-0.1, -0.05) is 54.6 Å². The van der Waals surface area contributed by atoms with E-state index in [1.54, 1.807) is 13.8 Å². The molecule has 0 amide bonds. The molecule has 1 aliphatic carbocycles. The molecular formula is C19H18O3. The Morgan fingerprint density at radius 2 is 1.73 bits per heavy atom. The van der Waals surface area contributed by atoms with Crippen molar-refractivity contribution >= 4 is 17.1 Å². The van der Waals surface area contributed by atoms with Crippen molar-refractivity contribution in [3.8, 4) is 0 Å². The highest BCUT2D eigenvalue weighted by atomic mass is 16.5. The largest absolute Gasteiger partial charge is 0.462 e. The van der Waals surface area contributed by atoms with Crippen LogP contribution in [0.1, 0.15) is 30.5 Å². The van der Waals surface area contributed by atoms with E-state index in [1.165, 1.54) is 0 Å². The number of hydrogen-bond acceptors (Lipinski definition) is 3. The van der Waals surface area contributed by atoms with Gasteiger partial charge in [-0.2, -0.15) is 0 Å². The molecule has 1 atom stereocenters. The van der Waals surface area contributed by atoms with E-state index >= 15 is 0 Å². The molecule has 112 valence electrons. The monoisotopic (exact) mass is 294 g/mol. The third kappa shape index (κ3) is 2.14. The minimum Gasteiger partial charge on any atom is -0.462 e. The van der Waals surface area contributed by atoms with Gasteiger partial charge in [0.2, 0.25) is 0 Å². The molecule has 1 aliphatic rings. The number of benzene rings is 2. The molecule has 0 radical (unpaired) electrons. The minimum atomic E-state index is -1.22. The molecule has 3 nitrogen and oxygen atoms in total. The minimum absolute atomic E-state index is 0.300. The van der Waals surface area contributed by atoms with E-state index in [4.69, 9.17) is 4.74 Å². The summed E-state index contributed by atoms with van der Waals surface area (Å²) in [7, 11) is 0. The zero-order valence-corrected chi connectivity index (χ0v) is 12.7. The topological polar surface area (TPSA) is 46.5 Å². The Morgan fingerprint density at radius 1 is 1.09 bits per heavy atom. The van der Waals surface area contributed by atoms with E-state index in [0.29, 0.717) is 17.8 Å². The highest BCUT2D eigenvalue weighted by Crippen LogP contribution is 2.49. The standard InChI is InChI=1S/C19H18O3/c1-3-22-18(20)16-14-11-7-8-12-15(14)19(2,21)17(16)13-9-5-4-6-10-13/h4-12,21H,3H2,1-2H3. The van der Waals surface area contributed by atoms with Gasteiger partial charge in [-0.3, -0.25) is 0 Å².